The third-order valence-corrected chi connectivity index (χ3v) is 6.40. The molecule has 0 saturated heterocycles. The lowest BCUT2D eigenvalue weighted by atomic mass is 10.3. The maximum Gasteiger partial charge on any atom is 0.151 e. The standard InChI is InChI=1S/C9H9NOS2.C9H9NOS/c11-5-6-12-9-10-7-3-1-2-4-8(7)13-9;1-6-10-8-5-7(11-2)3-4-9(8)12-6/h1-4,11H,5-6H2;3-5H,1-2H3. The highest BCUT2D eigenvalue weighted by atomic mass is 32.2. The van der Waals surface area contributed by atoms with Crippen LogP contribution in [0.3, 0.4) is 0 Å². The van der Waals surface area contributed by atoms with E-state index in [1.54, 1.807) is 41.5 Å². The normalized spacial score (nSPS) is 10.7. The number of methoxy groups -OCH3 is 1. The molecule has 2 heterocycles. The average molecular weight is 391 g/mol. The van der Waals surface area contributed by atoms with Gasteiger partial charge in [0.15, 0.2) is 4.34 Å². The van der Waals surface area contributed by atoms with Gasteiger partial charge in [-0.25, -0.2) is 9.97 Å². The number of thioether (sulfide) groups is 1. The van der Waals surface area contributed by atoms with E-state index in [1.165, 1.54) is 9.40 Å². The van der Waals surface area contributed by atoms with Crippen molar-refractivity contribution in [1.29, 1.82) is 0 Å². The molecular weight excluding hydrogens is 372 g/mol. The van der Waals surface area contributed by atoms with Crippen molar-refractivity contribution >= 4 is 54.9 Å². The van der Waals surface area contributed by atoms with Gasteiger partial charge in [-0.1, -0.05) is 23.9 Å². The number of para-hydroxylation sites is 1. The van der Waals surface area contributed by atoms with Gasteiger partial charge in [0, 0.05) is 11.8 Å². The molecule has 0 atom stereocenters. The number of aromatic nitrogens is 2. The number of benzene rings is 2. The first-order chi connectivity index (χ1) is 12.2. The second kappa shape index (κ2) is 8.62. The van der Waals surface area contributed by atoms with Gasteiger partial charge in [-0.2, -0.15) is 0 Å². The number of fused-ring (bicyclic) bond motifs is 2. The first-order valence-corrected chi connectivity index (χ1v) is 10.3. The number of ether oxygens (including phenoxy) is 1. The predicted molar refractivity (Wildman–Crippen MR) is 108 cm³/mol. The smallest absolute Gasteiger partial charge is 0.151 e. The minimum Gasteiger partial charge on any atom is -0.497 e. The highest BCUT2D eigenvalue weighted by Gasteiger charge is 2.02. The van der Waals surface area contributed by atoms with Crippen LogP contribution in [0.1, 0.15) is 5.01 Å². The Bertz CT molecular complexity index is 932. The fourth-order valence-corrected chi connectivity index (χ4v) is 4.88. The molecule has 0 radical (unpaired) electrons. The van der Waals surface area contributed by atoms with Crippen molar-refractivity contribution in [2.75, 3.05) is 19.5 Å². The molecule has 1 N–H and O–H groups in total. The minimum atomic E-state index is 0.209. The molecule has 2 aromatic heterocycles. The van der Waals surface area contributed by atoms with Crippen LogP contribution in [0.5, 0.6) is 5.75 Å². The maximum atomic E-state index is 8.66. The topological polar surface area (TPSA) is 55.2 Å². The number of aliphatic hydroxyl groups excluding tert-OH is 1. The average Bonchev–Trinajstić information content (AvgIpc) is 3.21. The van der Waals surface area contributed by atoms with E-state index < -0.39 is 0 Å². The Balaban J connectivity index is 0.000000146. The lowest BCUT2D eigenvalue weighted by Crippen LogP contribution is -1.83. The summed E-state index contributed by atoms with van der Waals surface area (Å²) < 4.78 is 8.56. The van der Waals surface area contributed by atoms with Crippen LogP contribution in [0, 0.1) is 6.92 Å². The quantitative estimate of drug-likeness (QED) is 0.497. The van der Waals surface area contributed by atoms with Crippen molar-refractivity contribution in [3.05, 3.63) is 47.5 Å². The molecule has 130 valence electrons. The molecule has 25 heavy (non-hydrogen) atoms. The number of hydrogen-bond acceptors (Lipinski definition) is 7. The van der Waals surface area contributed by atoms with Gasteiger partial charge in [0.25, 0.3) is 0 Å². The van der Waals surface area contributed by atoms with Gasteiger partial charge in [0.05, 0.1) is 39.2 Å². The van der Waals surface area contributed by atoms with Crippen molar-refractivity contribution in [1.82, 2.24) is 9.97 Å². The van der Waals surface area contributed by atoms with Gasteiger partial charge >= 0.3 is 0 Å². The zero-order valence-electron chi connectivity index (χ0n) is 13.9. The van der Waals surface area contributed by atoms with Gasteiger partial charge in [-0.05, 0) is 31.2 Å². The summed E-state index contributed by atoms with van der Waals surface area (Å²) in [5.74, 6) is 1.59. The molecule has 0 aliphatic carbocycles. The molecule has 4 rings (SSSR count). The summed E-state index contributed by atoms with van der Waals surface area (Å²) in [7, 11) is 1.67. The Hall–Kier alpha value is -1.67. The SMILES string of the molecule is COc1ccc2sc(C)nc2c1.OCCSc1nc2ccccc2s1. The van der Waals surface area contributed by atoms with Crippen LogP contribution in [-0.4, -0.2) is 34.5 Å². The Morgan fingerprint density at radius 3 is 2.60 bits per heavy atom. The van der Waals surface area contributed by atoms with E-state index in [2.05, 4.69) is 16.0 Å². The van der Waals surface area contributed by atoms with Gasteiger partial charge in [0.2, 0.25) is 0 Å². The van der Waals surface area contributed by atoms with Crippen molar-refractivity contribution in [2.45, 2.75) is 11.3 Å². The van der Waals surface area contributed by atoms with Crippen LogP contribution in [0.15, 0.2) is 46.8 Å². The number of hydrogen-bond donors (Lipinski definition) is 1. The summed E-state index contributed by atoms with van der Waals surface area (Å²) in [4.78, 5) is 8.78. The Morgan fingerprint density at radius 1 is 1.04 bits per heavy atom. The molecular formula is C18H18N2O2S3. The Labute approximate surface area is 158 Å². The molecule has 0 spiro atoms. The highest BCUT2D eigenvalue weighted by Crippen LogP contribution is 2.28. The number of thiazole rings is 2. The monoisotopic (exact) mass is 390 g/mol. The molecule has 0 bridgehead atoms. The second-order valence-corrected chi connectivity index (χ2v) is 8.69. The van der Waals surface area contributed by atoms with E-state index in [0.29, 0.717) is 0 Å². The lowest BCUT2D eigenvalue weighted by molar-refractivity contribution is 0.322. The summed E-state index contributed by atoms with van der Waals surface area (Å²) in [6, 6.07) is 14.0. The Morgan fingerprint density at radius 2 is 1.84 bits per heavy atom. The van der Waals surface area contributed by atoms with Crippen LogP contribution in [0.4, 0.5) is 0 Å². The van der Waals surface area contributed by atoms with Crippen molar-refractivity contribution in [3.8, 4) is 5.75 Å². The second-order valence-electron chi connectivity index (χ2n) is 5.09. The summed E-state index contributed by atoms with van der Waals surface area (Å²) in [6.45, 7) is 2.22. The van der Waals surface area contributed by atoms with Gasteiger partial charge in [0.1, 0.15) is 5.75 Å². The molecule has 0 aliphatic rings. The Kier molecular flexibility index (Phi) is 6.25. The van der Waals surface area contributed by atoms with E-state index in [0.717, 1.165) is 31.9 Å². The van der Waals surface area contributed by atoms with E-state index in [4.69, 9.17) is 9.84 Å². The summed E-state index contributed by atoms with van der Waals surface area (Å²) in [5, 5.41) is 9.75. The van der Waals surface area contributed by atoms with E-state index in [9.17, 15) is 0 Å². The first-order valence-electron chi connectivity index (χ1n) is 7.70. The van der Waals surface area contributed by atoms with Crippen LogP contribution >= 0.6 is 34.4 Å². The van der Waals surface area contributed by atoms with Crippen molar-refractivity contribution < 1.29 is 9.84 Å². The zero-order chi connectivity index (χ0) is 17.6. The van der Waals surface area contributed by atoms with E-state index in [-0.39, 0.29) is 6.61 Å². The molecule has 0 amide bonds. The largest absolute Gasteiger partial charge is 0.497 e. The van der Waals surface area contributed by atoms with Gasteiger partial charge < -0.3 is 9.84 Å². The number of nitrogens with zero attached hydrogens (tertiary/aromatic N) is 2. The predicted octanol–water partition coefficient (Wildman–Crippen LogP) is 4.99. The number of aryl methyl sites for hydroxylation is 1. The number of aliphatic hydroxyl groups is 1. The summed E-state index contributed by atoms with van der Waals surface area (Å²) in [5.41, 5.74) is 2.07. The van der Waals surface area contributed by atoms with E-state index >= 15 is 0 Å². The number of rotatable bonds is 4. The van der Waals surface area contributed by atoms with Crippen LogP contribution in [0.2, 0.25) is 0 Å². The molecule has 4 nitrogen and oxygen atoms in total. The molecule has 7 heteroatoms. The summed E-state index contributed by atoms with van der Waals surface area (Å²) >= 11 is 4.99. The fourth-order valence-electron chi connectivity index (χ4n) is 2.20. The highest BCUT2D eigenvalue weighted by molar-refractivity contribution is 8.01. The van der Waals surface area contributed by atoms with Crippen LogP contribution < -0.4 is 4.74 Å². The third-order valence-electron chi connectivity index (χ3n) is 3.29. The lowest BCUT2D eigenvalue weighted by Gasteiger charge is -1.96. The van der Waals surface area contributed by atoms with Crippen LogP contribution in [0.25, 0.3) is 20.4 Å². The van der Waals surface area contributed by atoms with Gasteiger partial charge in [-0.15, -0.1) is 22.7 Å². The van der Waals surface area contributed by atoms with Crippen molar-refractivity contribution in [2.24, 2.45) is 0 Å². The molecule has 0 fully saturated rings. The minimum absolute atomic E-state index is 0.209. The summed E-state index contributed by atoms with van der Waals surface area (Å²) in [6.07, 6.45) is 0. The fraction of sp³-hybridized carbons (Fsp3) is 0.222. The third kappa shape index (κ3) is 4.70. The zero-order valence-corrected chi connectivity index (χ0v) is 16.4. The van der Waals surface area contributed by atoms with Crippen LogP contribution in [-0.2, 0) is 0 Å². The maximum absolute atomic E-state index is 8.66. The van der Waals surface area contributed by atoms with Gasteiger partial charge in [-0.3, -0.25) is 0 Å². The molecule has 0 aliphatic heterocycles. The van der Waals surface area contributed by atoms with Crippen molar-refractivity contribution in [3.63, 3.8) is 0 Å². The first kappa shape index (κ1) is 18.1. The molecule has 0 unspecified atom stereocenters. The molecule has 4 aromatic rings. The molecule has 2 aromatic carbocycles. The molecule has 0 saturated carbocycles. The van der Waals surface area contributed by atoms with E-state index in [1.807, 2.05) is 43.3 Å².